The van der Waals surface area contributed by atoms with E-state index in [0.29, 0.717) is 5.69 Å². The molecule has 0 spiro atoms. The Balaban J connectivity index is 1.90. The molecule has 0 unspecified atom stereocenters. The number of carbonyl (C=O) groups is 2. The van der Waals surface area contributed by atoms with Crippen LogP contribution in [0, 0.1) is 6.92 Å². The average Bonchev–Trinajstić information content (AvgIpc) is 2.66. The monoisotopic (exact) mass is 375 g/mol. The summed E-state index contributed by atoms with van der Waals surface area (Å²) in [6.07, 6.45) is 1.70. The third-order valence-corrected chi connectivity index (χ3v) is 4.75. The van der Waals surface area contributed by atoms with Crippen molar-refractivity contribution in [1.82, 2.24) is 4.98 Å². The fraction of sp³-hybridized carbons (Fsp3) is 0.261. The number of benzene rings is 2. The van der Waals surface area contributed by atoms with Crippen molar-refractivity contribution in [2.24, 2.45) is 0 Å². The van der Waals surface area contributed by atoms with Crippen molar-refractivity contribution >= 4 is 34.1 Å². The van der Waals surface area contributed by atoms with Gasteiger partial charge in [0.2, 0.25) is 11.8 Å². The number of nitrogens with one attached hydrogen (secondary N) is 1. The highest BCUT2D eigenvalue weighted by Crippen LogP contribution is 2.31. The van der Waals surface area contributed by atoms with Crippen molar-refractivity contribution < 1.29 is 9.59 Å². The zero-order valence-corrected chi connectivity index (χ0v) is 16.7. The molecule has 0 radical (unpaired) electrons. The summed E-state index contributed by atoms with van der Waals surface area (Å²) in [5, 5.41) is 3.86. The quantitative estimate of drug-likeness (QED) is 0.705. The van der Waals surface area contributed by atoms with Gasteiger partial charge in [0.05, 0.1) is 16.9 Å². The van der Waals surface area contributed by atoms with Gasteiger partial charge in [-0.1, -0.05) is 50.2 Å². The van der Waals surface area contributed by atoms with E-state index in [9.17, 15) is 9.59 Å². The van der Waals surface area contributed by atoms with Crippen LogP contribution in [0.15, 0.2) is 54.7 Å². The number of nitrogens with zero attached hydrogens (tertiary/aromatic N) is 2. The van der Waals surface area contributed by atoms with Crippen LogP contribution >= 0.6 is 0 Å². The van der Waals surface area contributed by atoms with Crippen LogP contribution in [0.5, 0.6) is 0 Å². The normalized spacial score (nSPS) is 10.9. The van der Waals surface area contributed by atoms with Crippen molar-refractivity contribution in [3.8, 4) is 0 Å². The highest BCUT2D eigenvalue weighted by atomic mass is 16.2. The lowest BCUT2D eigenvalue weighted by Crippen LogP contribution is -2.37. The summed E-state index contributed by atoms with van der Waals surface area (Å²) in [4.78, 5) is 31.1. The fourth-order valence-electron chi connectivity index (χ4n) is 3.40. The summed E-state index contributed by atoms with van der Waals surface area (Å²) in [6, 6.07) is 15.4. The maximum atomic E-state index is 12.8. The number of fused-ring (bicyclic) bond motifs is 1. The fourth-order valence-corrected chi connectivity index (χ4v) is 3.40. The Kier molecular flexibility index (Phi) is 5.73. The summed E-state index contributed by atoms with van der Waals surface area (Å²) < 4.78 is 0. The molecule has 0 saturated carbocycles. The number of aromatic nitrogens is 1. The Morgan fingerprint density at radius 3 is 2.50 bits per heavy atom. The molecule has 2 amide bonds. The van der Waals surface area contributed by atoms with Crippen LogP contribution in [0.2, 0.25) is 0 Å². The Hall–Kier alpha value is -3.21. The molecule has 5 nitrogen and oxygen atoms in total. The molecular weight excluding hydrogens is 350 g/mol. The smallest absolute Gasteiger partial charge is 0.244 e. The molecule has 3 rings (SSSR count). The molecule has 0 atom stereocenters. The number of hydrogen-bond acceptors (Lipinski definition) is 3. The van der Waals surface area contributed by atoms with E-state index in [4.69, 9.17) is 0 Å². The largest absolute Gasteiger partial charge is 0.323 e. The van der Waals surface area contributed by atoms with E-state index in [2.05, 4.69) is 24.1 Å². The van der Waals surface area contributed by atoms with Gasteiger partial charge in [-0.05, 0) is 36.1 Å². The number of pyridine rings is 1. The van der Waals surface area contributed by atoms with Gasteiger partial charge in [-0.15, -0.1) is 0 Å². The first kappa shape index (κ1) is 19.5. The lowest BCUT2D eigenvalue weighted by Gasteiger charge is -2.27. The minimum Gasteiger partial charge on any atom is -0.323 e. The van der Waals surface area contributed by atoms with Crippen LogP contribution in [0.3, 0.4) is 0 Å². The Labute approximate surface area is 165 Å². The van der Waals surface area contributed by atoms with Gasteiger partial charge in [0, 0.05) is 18.5 Å². The summed E-state index contributed by atoms with van der Waals surface area (Å²) in [6.45, 7) is 7.56. The van der Waals surface area contributed by atoms with E-state index in [-0.39, 0.29) is 24.3 Å². The molecule has 0 fully saturated rings. The number of para-hydroxylation sites is 2. The SMILES string of the molecule is CC(=O)N(CC(=O)Nc1cccc2cccnc12)c1c(C)cccc1C(C)C. The molecular formula is C23H25N3O2. The average molecular weight is 375 g/mol. The zero-order valence-electron chi connectivity index (χ0n) is 16.7. The van der Waals surface area contributed by atoms with Crippen LogP contribution in [-0.4, -0.2) is 23.3 Å². The van der Waals surface area contributed by atoms with Gasteiger partial charge < -0.3 is 10.2 Å². The number of rotatable bonds is 5. The first-order valence-electron chi connectivity index (χ1n) is 9.39. The zero-order chi connectivity index (χ0) is 20.3. The molecule has 0 aliphatic rings. The molecule has 1 heterocycles. The standard InChI is InChI=1S/C23H25N3O2/c1-15(2)19-11-5-8-16(3)23(19)26(17(4)27)14-21(28)25-20-12-6-9-18-10-7-13-24-22(18)20/h5-13,15H,14H2,1-4H3,(H,25,28). The second-order valence-electron chi connectivity index (χ2n) is 7.20. The van der Waals surface area contributed by atoms with E-state index in [0.717, 1.165) is 27.7 Å². The Bertz CT molecular complexity index is 1020. The van der Waals surface area contributed by atoms with Crippen molar-refractivity contribution in [3.05, 3.63) is 65.9 Å². The van der Waals surface area contributed by atoms with Crippen molar-refractivity contribution in [3.63, 3.8) is 0 Å². The number of anilines is 2. The highest BCUT2D eigenvalue weighted by molar-refractivity contribution is 6.05. The maximum absolute atomic E-state index is 12.8. The molecule has 0 bridgehead atoms. The van der Waals surface area contributed by atoms with Crippen LogP contribution in [-0.2, 0) is 9.59 Å². The van der Waals surface area contributed by atoms with Crippen molar-refractivity contribution in [2.75, 3.05) is 16.8 Å². The van der Waals surface area contributed by atoms with E-state index in [1.807, 2.05) is 55.5 Å². The third kappa shape index (κ3) is 4.03. The van der Waals surface area contributed by atoms with E-state index in [1.54, 1.807) is 11.1 Å². The molecule has 144 valence electrons. The second kappa shape index (κ2) is 8.21. The number of amides is 2. The van der Waals surface area contributed by atoms with Gasteiger partial charge in [-0.25, -0.2) is 0 Å². The van der Waals surface area contributed by atoms with Gasteiger partial charge in [0.25, 0.3) is 0 Å². The molecule has 2 aromatic carbocycles. The summed E-state index contributed by atoms with van der Waals surface area (Å²) in [7, 11) is 0. The Morgan fingerprint density at radius 2 is 1.79 bits per heavy atom. The molecule has 0 saturated heterocycles. The molecule has 0 aliphatic heterocycles. The lowest BCUT2D eigenvalue weighted by atomic mass is 9.97. The first-order chi connectivity index (χ1) is 13.4. The predicted octanol–water partition coefficient (Wildman–Crippen LogP) is 4.66. The summed E-state index contributed by atoms with van der Waals surface area (Å²) in [5.41, 5.74) is 4.21. The molecule has 1 N–H and O–H groups in total. The number of aryl methyl sites for hydroxylation is 1. The molecule has 0 aliphatic carbocycles. The lowest BCUT2D eigenvalue weighted by molar-refractivity contribution is -0.120. The van der Waals surface area contributed by atoms with Crippen molar-refractivity contribution in [1.29, 1.82) is 0 Å². The van der Waals surface area contributed by atoms with Gasteiger partial charge in [-0.2, -0.15) is 0 Å². The van der Waals surface area contributed by atoms with Gasteiger partial charge in [-0.3, -0.25) is 14.6 Å². The maximum Gasteiger partial charge on any atom is 0.244 e. The van der Waals surface area contributed by atoms with E-state index >= 15 is 0 Å². The second-order valence-corrected chi connectivity index (χ2v) is 7.20. The topological polar surface area (TPSA) is 62.3 Å². The van der Waals surface area contributed by atoms with Crippen LogP contribution in [0.4, 0.5) is 11.4 Å². The molecule has 3 aromatic rings. The Morgan fingerprint density at radius 1 is 1.07 bits per heavy atom. The van der Waals surface area contributed by atoms with E-state index in [1.165, 1.54) is 6.92 Å². The number of carbonyl (C=O) groups excluding carboxylic acids is 2. The van der Waals surface area contributed by atoms with Gasteiger partial charge in [0.15, 0.2) is 0 Å². The van der Waals surface area contributed by atoms with Gasteiger partial charge >= 0.3 is 0 Å². The molecule has 5 heteroatoms. The predicted molar refractivity (Wildman–Crippen MR) is 114 cm³/mol. The minimum atomic E-state index is -0.258. The first-order valence-corrected chi connectivity index (χ1v) is 9.39. The summed E-state index contributed by atoms with van der Waals surface area (Å²) in [5.74, 6) is -0.184. The van der Waals surface area contributed by atoms with Gasteiger partial charge in [0.1, 0.15) is 6.54 Å². The summed E-state index contributed by atoms with van der Waals surface area (Å²) >= 11 is 0. The third-order valence-electron chi connectivity index (χ3n) is 4.75. The van der Waals surface area contributed by atoms with Crippen LogP contribution < -0.4 is 10.2 Å². The molecule has 1 aromatic heterocycles. The van der Waals surface area contributed by atoms with Crippen LogP contribution in [0.1, 0.15) is 37.8 Å². The van der Waals surface area contributed by atoms with E-state index < -0.39 is 0 Å². The van der Waals surface area contributed by atoms with Crippen molar-refractivity contribution in [2.45, 2.75) is 33.6 Å². The number of hydrogen-bond donors (Lipinski definition) is 1. The van der Waals surface area contributed by atoms with Crippen LogP contribution in [0.25, 0.3) is 10.9 Å². The minimum absolute atomic E-state index is 0.0525. The molecule has 28 heavy (non-hydrogen) atoms. The highest BCUT2D eigenvalue weighted by Gasteiger charge is 2.22.